The second kappa shape index (κ2) is 3.99. The summed E-state index contributed by atoms with van der Waals surface area (Å²) in [6, 6.07) is 4.17. The molecule has 2 N–H and O–H groups in total. The summed E-state index contributed by atoms with van der Waals surface area (Å²) in [5.74, 6) is 0.748. The van der Waals surface area contributed by atoms with E-state index in [1.54, 1.807) is 7.11 Å². The Morgan fingerprint density at radius 2 is 2.25 bits per heavy atom. The van der Waals surface area contributed by atoms with Crippen molar-refractivity contribution in [3.05, 3.63) is 35.4 Å². The normalized spacial score (nSPS) is 37.4. The van der Waals surface area contributed by atoms with Crippen molar-refractivity contribution in [3.63, 3.8) is 0 Å². The molecule has 106 valence electrons. The molecule has 0 radical (unpaired) electrons. The zero-order chi connectivity index (χ0) is 13.9. The summed E-state index contributed by atoms with van der Waals surface area (Å²) in [6.45, 7) is 1.92. The average molecular weight is 273 g/mol. The largest absolute Gasteiger partial charge is 0.504 e. The summed E-state index contributed by atoms with van der Waals surface area (Å²) in [7, 11) is 1.58. The van der Waals surface area contributed by atoms with Crippen LogP contribution < -0.4 is 4.74 Å². The smallest absolute Gasteiger partial charge is 0.160 e. The summed E-state index contributed by atoms with van der Waals surface area (Å²) >= 11 is 0. The Morgan fingerprint density at radius 3 is 3.05 bits per heavy atom. The van der Waals surface area contributed by atoms with E-state index in [2.05, 4.69) is 11.0 Å². The van der Waals surface area contributed by atoms with E-state index < -0.39 is 0 Å². The molecule has 2 heterocycles. The van der Waals surface area contributed by atoms with Crippen LogP contribution in [0.3, 0.4) is 0 Å². The number of rotatable bonds is 1. The second-order valence-corrected chi connectivity index (χ2v) is 6.12. The number of aliphatic hydroxyl groups excluding tert-OH is 1. The predicted molar refractivity (Wildman–Crippen MR) is 74.9 cm³/mol. The van der Waals surface area contributed by atoms with E-state index in [4.69, 9.17) is 4.74 Å². The number of ether oxygens (including phenoxy) is 1. The minimum absolute atomic E-state index is 0.0451. The maximum absolute atomic E-state index is 10.1. The van der Waals surface area contributed by atoms with Gasteiger partial charge in [-0.05, 0) is 36.1 Å². The van der Waals surface area contributed by atoms with Gasteiger partial charge in [0.1, 0.15) is 0 Å². The van der Waals surface area contributed by atoms with Crippen LogP contribution >= 0.6 is 0 Å². The Bertz CT molecular complexity index is 598. The van der Waals surface area contributed by atoms with Crippen LogP contribution in [0.2, 0.25) is 0 Å². The summed E-state index contributed by atoms with van der Waals surface area (Å²) in [5.41, 5.74) is 2.39. The van der Waals surface area contributed by atoms with Gasteiger partial charge in [-0.2, -0.15) is 0 Å². The third kappa shape index (κ3) is 1.43. The Balaban J connectivity index is 1.91. The second-order valence-electron chi connectivity index (χ2n) is 6.12. The third-order valence-electron chi connectivity index (χ3n) is 5.21. The summed E-state index contributed by atoms with van der Waals surface area (Å²) < 4.78 is 5.23. The quantitative estimate of drug-likeness (QED) is 0.762. The fraction of sp³-hybridized carbons (Fsp3) is 0.500. The molecule has 1 fully saturated rings. The molecule has 0 aromatic heterocycles. The molecule has 20 heavy (non-hydrogen) atoms. The molecular formula is C16H19NO3. The van der Waals surface area contributed by atoms with Gasteiger partial charge < -0.3 is 14.9 Å². The number of phenols is 1. The van der Waals surface area contributed by atoms with E-state index in [1.165, 1.54) is 11.1 Å². The van der Waals surface area contributed by atoms with Crippen LogP contribution in [0.5, 0.6) is 11.5 Å². The molecule has 2 bridgehead atoms. The van der Waals surface area contributed by atoms with Gasteiger partial charge in [-0.3, -0.25) is 4.90 Å². The number of hydrogen-bond donors (Lipinski definition) is 2. The van der Waals surface area contributed by atoms with Crippen LogP contribution in [-0.4, -0.2) is 40.9 Å². The molecule has 3 aliphatic rings. The third-order valence-corrected chi connectivity index (χ3v) is 5.21. The van der Waals surface area contributed by atoms with Crippen molar-refractivity contribution in [2.24, 2.45) is 0 Å². The first-order chi connectivity index (χ1) is 9.64. The first kappa shape index (κ1) is 12.2. The summed E-state index contributed by atoms with van der Waals surface area (Å²) in [4.78, 5) is 2.45. The van der Waals surface area contributed by atoms with Crippen LogP contribution in [-0.2, 0) is 12.0 Å². The number of benzene rings is 1. The number of aliphatic hydroxyl groups is 1. The van der Waals surface area contributed by atoms with Gasteiger partial charge in [-0.25, -0.2) is 0 Å². The molecule has 4 heteroatoms. The number of nitrogens with zero attached hydrogens (tertiary/aromatic N) is 1. The number of aromatic hydroxyl groups is 1. The lowest BCUT2D eigenvalue weighted by atomic mass is 9.66. The minimum Gasteiger partial charge on any atom is -0.504 e. The molecule has 1 aromatic carbocycles. The lowest BCUT2D eigenvalue weighted by Gasteiger charge is -2.45. The molecule has 1 saturated heterocycles. The van der Waals surface area contributed by atoms with Gasteiger partial charge in [-0.15, -0.1) is 0 Å². The first-order valence-corrected chi connectivity index (χ1v) is 7.16. The Morgan fingerprint density at radius 1 is 1.40 bits per heavy atom. The van der Waals surface area contributed by atoms with Crippen LogP contribution in [0.1, 0.15) is 24.0 Å². The molecule has 4 rings (SSSR count). The fourth-order valence-electron chi connectivity index (χ4n) is 4.27. The van der Waals surface area contributed by atoms with Gasteiger partial charge in [0, 0.05) is 24.5 Å². The van der Waals surface area contributed by atoms with Gasteiger partial charge >= 0.3 is 0 Å². The summed E-state index contributed by atoms with van der Waals surface area (Å²) in [6.07, 6.45) is 5.57. The maximum atomic E-state index is 10.1. The highest BCUT2D eigenvalue weighted by Crippen LogP contribution is 2.52. The molecule has 1 aromatic rings. The highest BCUT2D eigenvalue weighted by Gasteiger charge is 2.52. The SMILES string of the molecule is COc1cc2c(cc1O)C13C=CC(O)CC1N(CC3)C2. The molecule has 4 atom stereocenters. The van der Waals surface area contributed by atoms with Crippen LogP contribution in [0.15, 0.2) is 24.3 Å². The van der Waals surface area contributed by atoms with Gasteiger partial charge in [0.25, 0.3) is 0 Å². The molecule has 0 spiro atoms. The lowest BCUT2D eigenvalue weighted by Crippen LogP contribution is -2.49. The van der Waals surface area contributed by atoms with Gasteiger partial charge in [-0.1, -0.05) is 12.2 Å². The van der Waals surface area contributed by atoms with E-state index in [0.717, 1.165) is 25.9 Å². The number of methoxy groups -OCH3 is 1. The first-order valence-electron chi connectivity index (χ1n) is 7.16. The predicted octanol–water partition coefficient (Wildman–Crippen LogP) is 1.55. The van der Waals surface area contributed by atoms with Gasteiger partial charge in [0.2, 0.25) is 0 Å². The highest BCUT2D eigenvalue weighted by atomic mass is 16.5. The van der Waals surface area contributed by atoms with Crippen molar-refractivity contribution >= 4 is 0 Å². The molecule has 4 unspecified atom stereocenters. The topological polar surface area (TPSA) is 52.9 Å². The Kier molecular flexibility index (Phi) is 2.44. The minimum atomic E-state index is -0.345. The standard InChI is InChI=1S/C16H19NO3/c1-20-14-6-10-9-17-5-4-16(12(10)8-13(14)19)3-2-11(18)7-15(16)17/h2-3,6,8,11,15,18-19H,4-5,7,9H2,1H3. The number of fused-ring (bicyclic) bond motifs is 1. The zero-order valence-electron chi connectivity index (χ0n) is 11.5. The van der Waals surface area contributed by atoms with Gasteiger partial charge in [0.15, 0.2) is 11.5 Å². The van der Waals surface area contributed by atoms with Crippen LogP contribution in [0.4, 0.5) is 0 Å². The average Bonchev–Trinajstić information content (AvgIpc) is 2.71. The molecular weight excluding hydrogens is 254 g/mol. The van der Waals surface area contributed by atoms with Crippen molar-refractivity contribution in [2.45, 2.75) is 36.9 Å². The molecule has 1 aliphatic carbocycles. The van der Waals surface area contributed by atoms with Crippen molar-refractivity contribution in [1.29, 1.82) is 0 Å². The molecule has 4 nitrogen and oxygen atoms in total. The van der Waals surface area contributed by atoms with Crippen molar-refractivity contribution < 1.29 is 14.9 Å². The van der Waals surface area contributed by atoms with Crippen LogP contribution in [0.25, 0.3) is 0 Å². The lowest BCUT2D eigenvalue weighted by molar-refractivity contribution is 0.110. The number of phenolic OH excluding ortho intramolecular Hbond substituents is 1. The molecule has 0 saturated carbocycles. The molecule has 0 amide bonds. The van der Waals surface area contributed by atoms with Crippen molar-refractivity contribution in [3.8, 4) is 11.5 Å². The zero-order valence-corrected chi connectivity index (χ0v) is 11.5. The monoisotopic (exact) mass is 273 g/mol. The Hall–Kier alpha value is -1.52. The fourth-order valence-corrected chi connectivity index (χ4v) is 4.27. The van der Waals surface area contributed by atoms with Gasteiger partial charge in [0.05, 0.1) is 13.2 Å². The molecule has 2 aliphatic heterocycles. The van der Waals surface area contributed by atoms with E-state index in [-0.39, 0.29) is 17.3 Å². The van der Waals surface area contributed by atoms with Crippen molar-refractivity contribution in [1.82, 2.24) is 4.90 Å². The van der Waals surface area contributed by atoms with Crippen LogP contribution in [0, 0.1) is 0 Å². The van der Waals surface area contributed by atoms with E-state index in [1.807, 2.05) is 18.2 Å². The maximum Gasteiger partial charge on any atom is 0.160 e. The summed E-state index contributed by atoms with van der Waals surface area (Å²) in [5, 5.41) is 20.0. The number of hydrogen-bond acceptors (Lipinski definition) is 4. The highest BCUT2D eigenvalue weighted by molar-refractivity contribution is 5.54. The van der Waals surface area contributed by atoms with Crippen molar-refractivity contribution in [2.75, 3.05) is 13.7 Å². The van der Waals surface area contributed by atoms with E-state index in [9.17, 15) is 10.2 Å². The van der Waals surface area contributed by atoms with E-state index in [0.29, 0.717) is 11.8 Å². The Labute approximate surface area is 118 Å². The van der Waals surface area contributed by atoms with E-state index >= 15 is 0 Å².